The minimum absolute atomic E-state index is 0.129. The Morgan fingerprint density at radius 1 is 1.00 bits per heavy atom. The van der Waals surface area contributed by atoms with Crippen molar-refractivity contribution in [3.63, 3.8) is 0 Å². The number of rotatable bonds is 3. The van der Waals surface area contributed by atoms with E-state index in [4.69, 9.17) is 4.74 Å². The van der Waals surface area contributed by atoms with Gasteiger partial charge in [-0.25, -0.2) is 32.2 Å². The number of hydrogen-bond acceptors (Lipinski definition) is 4. The van der Waals surface area contributed by atoms with E-state index in [1.54, 1.807) is 20.8 Å². The highest BCUT2D eigenvalue weighted by molar-refractivity contribution is 5.91. The zero-order valence-electron chi connectivity index (χ0n) is 18.0. The van der Waals surface area contributed by atoms with Crippen LogP contribution in [0.2, 0.25) is 0 Å². The number of carbonyl (C=O) groups is 2. The quantitative estimate of drug-likeness (QED) is 0.499. The second-order valence-corrected chi connectivity index (χ2v) is 8.23. The normalized spacial score (nSPS) is 12.7. The number of benzene rings is 2. The maximum atomic E-state index is 14.5. The Balaban J connectivity index is 2.28. The summed E-state index contributed by atoms with van der Waals surface area (Å²) in [7, 11) is 0. The Bertz CT molecular complexity index is 1200. The van der Waals surface area contributed by atoms with Gasteiger partial charge >= 0.3 is 6.09 Å². The summed E-state index contributed by atoms with van der Waals surface area (Å²) in [6.07, 6.45) is -0.992. The number of imidazole rings is 1. The number of halogens is 4. The van der Waals surface area contributed by atoms with Crippen LogP contribution in [0.4, 0.5) is 22.4 Å². The fourth-order valence-corrected chi connectivity index (χ4v) is 3.33. The maximum Gasteiger partial charge on any atom is 0.417 e. The van der Waals surface area contributed by atoms with E-state index in [1.807, 2.05) is 0 Å². The van der Waals surface area contributed by atoms with Crippen LogP contribution in [0.1, 0.15) is 46.5 Å². The van der Waals surface area contributed by atoms with Gasteiger partial charge in [0.15, 0.2) is 5.82 Å². The largest absolute Gasteiger partial charge is 0.443 e. The summed E-state index contributed by atoms with van der Waals surface area (Å²) in [6, 6.07) is 2.90. The lowest BCUT2D eigenvalue weighted by molar-refractivity contribution is -0.130. The first-order valence-corrected chi connectivity index (χ1v) is 9.65. The number of ether oxygens (including phenoxy) is 1. The van der Waals surface area contributed by atoms with Crippen LogP contribution in [0.25, 0.3) is 16.7 Å². The lowest BCUT2D eigenvalue weighted by Gasteiger charge is -2.29. The third-order valence-electron chi connectivity index (χ3n) is 4.50. The summed E-state index contributed by atoms with van der Waals surface area (Å²) in [5.41, 5.74) is -1.50. The molecule has 1 heterocycles. The molecule has 170 valence electrons. The van der Waals surface area contributed by atoms with Gasteiger partial charge in [0.2, 0.25) is 5.91 Å². The van der Waals surface area contributed by atoms with E-state index < -0.39 is 46.9 Å². The Kier molecular flexibility index (Phi) is 5.99. The molecule has 0 aliphatic carbocycles. The van der Waals surface area contributed by atoms with Crippen LogP contribution >= 0.6 is 0 Å². The molecule has 2 aromatic carbocycles. The van der Waals surface area contributed by atoms with E-state index >= 15 is 0 Å². The summed E-state index contributed by atoms with van der Waals surface area (Å²) >= 11 is 0. The van der Waals surface area contributed by atoms with Crippen molar-refractivity contribution in [2.45, 2.75) is 46.3 Å². The lowest BCUT2D eigenvalue weighted by atomic mass is 10.2. The summed E-state index contributed by atoms with van der Waals surface area (Å²) in [6.45, 7) is 7.35. The Morgan fingerprint density at radius 2 is 1.56 bits per heavy atom. The minimum atomic E-state index is -1.16. The topological polar surface area (TPSA) is 64.4 Å². The standard InChI is InChI=1S/C22H21F4N3O3/c1-11(28(12(2)30)21(31)32-22(3,4)5)20-27-19-17(26)9-15(25)10-18(19)29(20)16-7-13(23)6-14(24)8-16/h6-11H,1-5H3. The third kappa shape index (κ3) is 4.58. The van der Waals surface area contributed by atoms with Gasteiger partial charge in [-0.2, -0.15) is 0 Å². The molecule has 0 aliphatic heterocycles. The van der Waals surface area contributed by atoms with Crippen molar-refractivity contribution in [2.75, 3.05) is 0 Å². The second kappa shape index (κ2) is 8.25. The number of amides is 2. The molecule has 0 fully saturated rings. The van der Waals surface area contributed by atoms with Gasteiger partial charge in [-0.15, -0.1) is 0 Å². The molecule has 0 spiro atoms. The SMILES string of the molecule is CC(=O)N(C(=O)OC(C)(C)C)C(C)c1nc2c(F)cc(F)cc2n1-c1cc(F)cc(F)c1. The molecule has 0 radical (unpaired) electrons. The number of imide groups is 1. The highest BCUT2D eigenvalue weighted by Gasteiger charge is 2.34. The molecule has 6 nitrogen and oxygen atoms in total. The minimum Gasteiger partial charge on any atom is -0.443 e. The highest BCUT2D eigenvalue weighted by atomic mass is 19.1. The average Bonchev–Trinajstić information content (AvgIpc) is 2.98. The first-order valence-electron chi connectivity index (χ1n) is 9.65. The van der Waals surface area contributed by atoms with Crippen molar-refractivity contribution in [1.29, 1.82) is 0 Å². The van der Waals surface area contributed by atoms with Gasteiger partial charge in [0.05, 0.1) is 17.2 Å². The third-order valence-corrected chi connectivity index (χ3v) is 4.50. The molecular formula is C22H21F4N3O3. The molecule has 2 amide bonds. The predicted octanol–water partition coefficient (Wildman–Crippen LogP) is 5.43. The first-order chi connectivity index (χ1) is 14.8. The molecule has 0 saturated heterocycles. The monoisotopic (exact) mass is 451 g/mol. The predicted molar refractivity (Wildman–Crippen MR) is 108 cm³/mol. The zero-order valence-corrected chi connectivity index (χ0v) is 18.0. The van der Waals surface area contributed by atoms with E-state index in [1.165, 1.54) is 6.92 Å². The van der Waals surface area contributed by atoms with Crippen LogP contribution in [0, 0.1) is 23.3 Å². The van der Waals surface area contributed by atoms with Gasteiger partial charge in [-0.05, 0) is 39.8 Å². The van der Waals surface area contributed by atoms with Crippen LogP contribution in [0.5, 0.6) is 0 Å². The number of nitrogens with zero attached hydrogens (tertiary/aromatic N) is 3. The van der Waals surface area contributed by atoms with Gasteiger partial charge in [-0.1, -0.05) is 0 Å². The molecule has 1 unspecified atom stereocenters. The van der Waals surface area contributed by atoms with Gasteiger partial charge in [0.1, 0.15) is 34.4 Å². The number of hydrogen-bond donors (Lipinski definition) is 0. The average molecular weight is 451 g/mol. The summed E-state index contributed by atoms with van der Waals surface area (Å²) < 4.78 is 62.8. The zero-order chi connectivity index (χ0) is 24.0. The van der Waals surface area contributed by atoms with Gasteiger partial charge in [0, 0.05) is 25.1 Å². The number of carbonyl (C=O) groups excluding carboxylic acids is 2. The van der Waals surface area contributed by atoms with Crippen LogP contribution in [-0.2, 0) is 9.53 Å². The molecule has 3 rings (SSSR count). The van der Waals surface area contributed by atoms with Crippen LogP contribution in [-0.4, -0.2) is 32.1 Å². The lowest BCUT2D eigenvalue weighted by Crippen LogP contribution is -2.42. The summed E-state index contributed by atoms with van der Waals surface area (Å²) in [4.78, 5) is 29.9. The van der Waals surface area contributed by atoms with Gasteiger partial charge in [-0.3, -0.25) is 9.36 Å². The maximum absolute atomic E-state index is 14.5. The molecule has 0 saturated carbocycles. The van der Waals surface area contributed by atoms with E-state index in [9.17, 15) is 27.2 Å². The molecule has 10 heteroatoms. The Labute approximate surface area is 181 Å². The van der Waals surface area contributed by atoms with Crippen molar-refractivity contribution in [2.24, 2.45) is 0 Å². The van der Waals surface area contributed by atoms with Crippen LogP contribution < -0.4 is 0 Å². The summed E-state index contributed by atoms with van der Waals surface area (Å²) in [5, 5.41) is 0. The molecule has 0 N–H and O–H groups in total. The van der Waals surface area contributed by atoms with E-state index in [2.05, 4.69) is 4.98 Å². The molecule has 3 aromatic rings. The molecule has 32 heavy (non-hydrogen) atoms. The van der Waals surface area contributed by atoms with Crippen LogP contribution in [0.15, 0.2) is 30.3 Å². The molecule has 1 aromatic heterocycles. The fourth-order valence-electron chi connectivity index (χ4n) is 3.33. The molecule has 0 aliphatic rings. The van der Waals surface area contributed by atoms with Crippen molar-refractivity contribution >= 4 is 23.0 Å². The van der Waals surface area contributed by atoms with E-state index in [0.29, 0.717) is 12.1 Å². The van der Waals surface area contributed by atoms with Crippen molar-refractivity contribution < 1.29 is 31.9 Å². The first kappa shape index (κ1) is 23.2. The van der Waals surface area contributed by atoms with Gasteiger partial charge in [0.25, 0.3) is 0 Å². The number of fused-ring (bicyclic) bond motifs is 1. The fraction of sp³-hybridized carbons (Fsp3) is 0.318. The molecular weight excluding hydrogens is 430 g/mol. The van der Waals surface area contributed by atoms with Crippen molar-refractivity contribution in [1.82, 2.24) is 14.5 Å². The van der Waals surface area contributed by atoms with Crippen molar-refractivity contribution in [3.8, 4) is 5.69 Å². The van der Waals surface area contributed by atoms with Crippen LogP contribution in [0.3, 0.4) is 0 Å². The Morgan fingerprint density at radius 3 is 2.09 bits per heavy atom. The van der Waals surface area contributed by atoms with E-state index in [0.717, 1.165) is 34.6 Å². The molecule has 1 atom stereocenters. The Hall–Kier alpha value is -3.43. The summed E-state index contributed by atoms with van der Waals surface area (Å²) in [5.74, 6) is -4.67. The second-order valence-electron chi connectivity index (χ2n) is 8.23. The van der Waals surface area contributed by atoms with Crippen molar-refractivity contribution in [3.05, 3.63) is 59.4 Å². The highest BCUT2D eigenvalue weighted by Crippen LogP contribution is 2.31. The number of aromatic nitrogens is 2. The molecule has 0 bridgehead atoms. The van der Waals surface area contributed by atoms with Gasteiger partial charge < -0.3 is 4.74 Å². The smallest absolute Gasteiger partial charge is 0.417 e. The van der Waals surface area contributed by atoms with E-state index in [-0.39, 0.29) is 22.5 Å².